The predicted octanol–water partition coefficient (Wildman–Crippen LogP) is 3.20. The van der Waals surface area contributed by atoms with Gasteiger partial charge in [0.2, 0.25) is 5.91 Å². The van der Waals surface area contributed by atoms with Gasteiger partial charge in [0.05, 0.1) is 15.1 Å². The minimum Gasteiger partial charge on any atom is -0.349 e. The van der Waals surface area contributed by atoms with E-state index in [1.54, 1.807) is 29.9 Å². The van der Waals surface area contributed by atoms with Crippen LogP contribution in [0.5, 0.6) is 0 Å². The molecule has 0 fully saturated rings. The molecule has 2 heterocycles. The van der Waals surface area contributed by atoms with Crippen molar-refractivity contribution < 1.29 is 13.2 Å². The first-order valence-electron chi connectivity index (χ1n) is 7.86. The van der Waals surface area contributed by atoms with E-state index in [0.717, 1.165) is 15.7 Å². The van der Waals surface area contributed by atoms with Crippen molar-refractivity contribution in [2.24, 2.45) is 7.05 Å². The molecule has 0 saturated heterocycles. The minimum atomic E-state index is -3.77. The molecule has 0 unspecified atom stereocenters. The minimum absolute atomic E-state index is 0.162. The lowest BCUT2D eigenvalue weighted by molar-refractivity contribution is -0.113. The highest BCUT2D eigenvalue weighted by molar-refractivity contribution is 7.92. The Bertz CT molecular complexity index is 1210. The first-order chi connectivity index (χ1) is 12.4. The topological polar surface area (TPSA) is 81.1 Å². The van der Waals surface area contributed by atoms with Crippen LogP contribution in [-0.4, -0.2) is 29.6 Å². The number of sulfone groups is 1. The number of rotatable bonds is 4. The van der Waals surface area contributed by atoms with Gasteiger partial charge in [-0.1, -0.05) is 41.7 Å². The lowest BCUT2D eigenvalue weighted by atomic mass is 10.2. The fourth-order valence-corrected chi connectivity index (χ4v) is 5.16. The second kappa shape index (κ2) is 6.22. The number of amides is 1. The molecule has 8 heteroatoms. The number of fused-ring (bicyclic) bond motifs is 2. The molecule has 0 aliphatic rings. The van der Waals surface area contributed by atoms with Crippen LogP contribution < -0.4 is 5.32 Å². The first kappa shape index (κ1) is 16.7. The van der Waals surface area contributed by atoms with E-state index in [-0.39, 0.29) is 4.90 Å². The van der Waals surface area contributed by atoms with Crippen molar-refractivity contribution in [2.75, 3.05) is 11.1 Å². The molecule has 6 nitrogen and oxygen atoms in total. The summed E-state index contributed by atoms with van der Waals surface area (Å²) in [6, 6.07) is 14.7. The number of thiazole rings is 1. The van der Waals surface area contributed by atoms with Crippen LogP contribution in [0.4, 0.5) is 5.13 Å². The fraction of sp³-hybridized carbons (Fsp3) is 0.111. The number of aryl methyl sites for hydroxylation is 1. The van der Waals surface area contributed by atoms with E-state index in [2.05, 4.69) is 10.3 Å². The molecule has 4 aromatic rings. The summed E-state index contributed by atoms with van der Waals surface area (Å²) in [6.07, 6.45) is 1.55. The maximum Gasteiger partial charge on any atom is 0.241 e. The van der Waals surface area contributed by atoms with E-state index in [0.29, 0.717) is 10.5 Å². The highest BCUT2D eigenvalue weighted by atomic mass is 32.2. The van der Waals surface area contributed by atoms with Crippen molar-refractivity contribution in [1.29, 1.82) is 0 Å². The van der Waals surface area contributed by atoms with Gasteiger partial charge in [-0.15, -0.1) is 0 Å². The Balaban J connectivity index is 1.59. The Hall–Kier alpha value is -2.71. The maximum atomic E-state index is 12.7. The zero-order valence-electron chi connectivity index (χ0n) is 13.8. The number of hydrogen-bond acceptors (Lipinski definition) is 5. The average Bonchev–Trinajstić information content (AvgIpc) is 3.15. The fourth-order valence-electron chi connectivity index (χ4n) is 2.88. The molecule has 0 saturated carbocycles. The van der Waals surface area contributed by atoms with Crippen molar-refractivity contribution in [3.8, 4) is 0 Å². The van der Waals surface area contributed by atoms with Gasteiger partial charge >= 0.3 is 0 Å². The number of nitrogens with one attached hydrogen (secondary N) is 1. The van der Waals surface area contributed by atoms with E-state index >= 15 is 0 Å². The summed E-state index contributed by atoms with van der Waals surface area (Å²) in [6.45, 7) is 0. The number of carbonyl (C=O) groups excluding carboxylic acids is 1. The standard InChI is InChI=1S/C18H15N3O3S2/c1-21-10-16(12-6-2-4-8-14(12)21)26(23,24)11-17(22)20-18-19-13-7-3-5-9-15(13)25-18/h2-10H,11H2,1H3,(H,19,20,22). The number of anilines is 1. The Morgan fingerprint density at radius 3 is 2.69 bits per heavy atom. The van der Waals surface area contributed by atoms with Gasteiger partial charge in [0.15, 0.2) is 15.0 Å². The Labute approximate surface area is 154 Å². The zero-order valence-corrected chi connectivity index (χ0v) is 15.5. The SMILES string of the molecule is Cn1cc(S(=O)(=O)CC(=O)Nc2nc3ccccc3s2)c2ccccc21. The highest BCUT2D eigenvalue weighted by Crippen LogP contribution is 2.27. The van der Waals surface area contributed by atoms with Crippen LogP contribution in [0.3, 0.4) is 0 Å². The van der Waals surface area contributed by atoms with E-state index in [1.807, 2.05) is 36.4 Å². The third-order valence-corrected chi connectivity index (χ3v) is 6.65. The number of nitrogens with zero attached hydrogens (tertiary/aromatic N) is 2. The van der Waals surface area contributed by atoms with Crippen LogP contribution in [0.1, 0.15) is 0 Å². The third-order valence-electron chi connectivity index (χ3n) is 4.06. The molecule has 0 aliphatic carbocycles. The van der Waals surface area contributed by atoms with Crippen LogP contribution in [-0.2, 0) is 21.7 Å². The molecular weight excluding hydrogens is 370 g/mol. The molecule has 2 aromatic carbocycles. The summed E-state index contributed by atoms with van der Waals surface area (Å²) in [7, 11) is -1.99. The van der Waals surface area contributed by atoms with Crippen LogP contribution in [0.25, 0.3) is 21.1 Å². The molecule has 132 valence electrons. The quantitative estimate of drug-likeness (QED) is 0.585. The second-order valence-electron chi connectivity index (χ2n) is 5.92. The van der Waals surface area contributed by atoms with Crippen LogP contribution in [0.2, 0.25) is 0 Å². The van der Waals surface area contributed by atoms with E-state index in [4.69, 9.17) is 0 Å². The summed E-state index contributed by atoms with van der Waals surface area (Å²) in [5.41, 5.74) is 1.57. The molecular formula is C18H15N3O3S2. The molecule has 0 bridgehead atoms. The van der Waals surface area contributed by atoms with Gasteiger partial charge in [0, 0.05) is 24.1 Å². The Morgan fingerprint density at radius 2 is 1.88 bits per heavy atom. The average molecular weight is 385 g/mol. The summed E-state index contributed by atoms with van der Waals surface area (Å²) in [4.78, 5) is 16.7. The van der Waals surface area contributed by atoms with Crippen molar-refractivity contribution in [2.45, 2.75) is 4.90 Å². The summed E-state index contributed by atoms with van der Waals surface area (Å²) in [5, 5.41) is 3.60. The van der Waals surface area contributed by atoms with Crippen LogP contribution in [0, 0.1) is 0 Å². The summed E-state index contributed by atoms with van der Waals surface area (Å²) >= 11 is 1.31. The second-order valence-corrected chi connectivity index (χ2v) is 8.90. The number of para-hydroxylation sites is 2. The first-order valence-corrected chi connectivity index (χ1v) is 10.3. The molecule has 0 aliphatic heterocycles. The molecule has 1 N–H and O–H groups in total. The summed E-state index contributed by atoms with van der Waals surface area (Å²) < 4.78 is 28.2. The van der Waals surface area contributed by atoms with Crippen LogP contribution in [0.15, 0.2) is 59.6 Å². The Morgan fingerprint density at radius 1 is 1.15 bits per heavy atom. The van der Waals surface area contributed by atoms with Gasteiger partial charge in [0.1, 0.15) is 5.75 Å². The lowest BCUT2D eigenvalue weighted by Crippen LogP contribution is -2.22. The van der Waals surface area contributed by atoms with Crippen molar-refractivity contribution in [3.63, 3.8) is 0 Å². The van der Waals surface area contributed by atoms with Gasteiger partial charge < -0.3 is 9.88 Å². The van der Waals surface area contributed by atoms with E-state index in [1.165, 1.54) is 11.3 Å². The third kappa shape index (κ3) is 2.97. The summed E-state index contributed by atoms with van der Waals surface area (Å²) in [5.74, 6) is -1.23. The van der Waals surface area contributed by atoms with Gasteiger partial charge in [-0.2, -0.15) is 0 Å². The van der Waals surface area contributed by atoms with E-state index < -0.39 is 21.5 Å². The largest absolute Gasteiger partial charge is 0.349 e. The Kier molecular flexibility index (Phi) is 4.01. The molecule has 0 radical (unpaired) electrons. The monoisotopic (exact) mass is 385 g/mol. The number of benzene rings is 2. The molecule has 26 heavy (non-hydrogen) atoms. The molecule has 0 spiro atoms. The van der Waals surface area contributed by atoms with Crippen molar-refractivity contribution in [1.82, 2.24) is 9.55 Å². The van der Waals surface area contributed by atoms with Crippen LogP contribution >= 0.6 is 11.3 Å². The molecule has 4 rings (SSSR count). The number of carbonyl (C=O) groups is 1. The van der Waals surface area contributed by atoms with Crippen molar-refractivity contribution in [3.05, 3.63) is 54.7 Å². The number of aromatic nitrogens is 2. The lowest BCUT2D eigenvalue weighted by Gasteiger charge is -2.03. The molecule has 2 aromatic heterocycles. The van der Waals surface area contributed by atoms with Gasteiger partial charge in [0.25, 0.3) is 0 Å². The smallest absolute Gasteiger partial charge is 0.241 e. The predicted molar refractivity (Wildman–Crippen MR) is 103 cm³/mol. The van der Waals surface area contributed by atoms with Gasteiger partial charge in [-0.25, -0.2) is 13.4 Å². The van der Waals surface area contributed by atoms with Crippen molar-refractivity contribution >= 4 is 53.3 Å². The van der Waals surface area contributed by atoms with E-state index in [9.17, 15) is 13.2 Å². The zero-order chi connectivity index (χ0) is 18.3. The highest BCUT2D eigenvalue weighted by Gasteiger charge is 2.24. The maximum absolute atomic E-state index is 12.7. The normalized spacial score (nSPS) is 11.9. The molecule has 0 atom stereocenters. The number of hydrogen-bond donors (Lipinski definition) is 1. The van der Waals surface area contributed by atoms with Gasteiger partial charge in [-0.05, 0) is 18.2 Å². The van der Waals surface area contributed by atoms with Gasteiger partial charge in [-0.3, -0.25) is 4.79 Å². The molecule has 1 amide bonds.